The summed E-state index contributed by atoms with van der Waals surface area (Å²) in [6.45, 7) is 2.70. The molecule has 1 saturated heterocycles. The Balaban J connectivity index is 1.46. The van der Waals surface area contributed by atoms with E-state index in [1.54, 1.807) is 6.33 Å². The van der Waals surface area contributed by atoms with Crippen LogP contribution in [-0.4, -0.2) is 68.9 Å². The Bertz CT molecular complexity index is 705. The molecule has 140 valence electrons. The van der Waals surface area contributed by atoms with Crippen LogP contribution in [0.3, 0.4) is 0 Å². The van der Waals surface area contributed by atoms with Gasteiger partial charge in [0.25, 0.3) is 0 Å². The van der Waals surface area contributed by atoms with E-state index in [0.717, 1.165) is 44.1 Å². The Morgan fingerprint density at radius 2 is 2.15 bits per heavy atom. The fourth-order valence-corrected chi connectivity index (χ4v) is 4.09. The molecule has 0 unspecified atom stereocenters. The van der Waals surface area contributed by atoms with Gasteiger partial charge < -0.3 is 14.4 Å². The number of benzene rings is 1. The number of aromatic nitrogens is 3. The summed E-state index contributed by atoms with van der Waals surface area (Å²) in [6, 6.07) is 11.0. The van der Waals surface area contributed by atoms with Gasteiger partial charge >= 0.3 is 0 Å². The number of likely N-dealkylation sites (N-methyl/N-ethyl adjacent to an activating group) is 1. The number of aryl methyl sites for hydroxylation is 1. The van der Waals surface area contributed by atoms with Gasteiger partial charge in [0.05, 0.1) is 5.75 Å². The van der Waals surface area contributed by atoms with Crippen molar-refractivity contribution in [2.75, 3.05) is 32.4 Å². The van der Waals surface area contributed by atoms with Crippen LogP contribution in [0, 0.1) is 0 Å². The number of carbonyl (C=O) groups is 1. The molecule has 1 aliphatic heterocycles. The molecule has 2 aromatic rings. The van der Waals surface area contributed by atoms with Gasteiger partial charge in [-0.25, -0.2) is 0 Å². The van der Waals surface area contributed by atoms with E-state index in [1.165, 1.54) is 17.3 Å². The Hall–Kier alpha value is -1.86. The van der Waals surface area contributed by atoms with Gasteiger partial charge in [-0.05, 0) is 31.9 Å². The summed E-state index contributed by atoms with van der Waals surface area (Å²) < 4.78 is 1.84. The Morgan fingerprint density at radius 3 is 2.88 bits per heavy atom. The fourth-order valence-electron chi connectivity index (χ4n) is 3.29. The molecule has 0 bridgehead atoms. The molecular weight excluding hydrogens is 346 g/mol. The van der Waals surface area contributed by atoms with Gasteiger partial charge in [0.2, 0.25) is 5.91 Å². The van der Waals surface area contributed by atoms with Gasteiger partial charge in [0.15, 0.2) is 5.16 Å². The third kappa shape index (κ3) is 5.08. The van der Waals surface area contributed by atoms with Crippen molar-refractivity contribution in [3.63, 3.8) is 0 Å². The minimum Gasteiger partial charge on any atom is -0.340 e. The van der Waals surface area contributed by atoms with E-state index in [1.807, 2.05) is 16.5 Å². The lowest BCUT2D eigenvalue weighted by molar-refractivity contribution is -0.130. The van der Waals surface area contributed by atoms with Crippen molar-refractivity contribution in [3.8, 4) is 0 Å². The first-order valence-corrected chi connectivity index (χ1v) is 10.1. The maximum atomic E-state index is 12.6. The third-order valence-corrected chi connectivity index (χ3v) is 5.98. The van der Waals surface area contributed by atoms with Crippen molar-refractivity contribution < 1.29 is 4.79 Å². The molecule has 0 spiro atoms. The summed E-state index contributed by atoms with van der Waals surface area (Å²) in [4.78, 5) is 17.0. The first kappa shape index (κ1) is 18.9. The predicted molar refractivity (Wildman–Crippen MR) is 104 cm³/mol. The van der Waals surface area contributed by atoms with Crippen LogP contribution in [-0.2, 0) is 18.3 Å². The summed E-state index contributed by atoms with van der Waals surface area (Å²) in [5.74, 6) is 0.617. The number of hydrogen-bond acceptors (Lipinski definition) is 5. The predicted octanol–water partition coefficient (Wildman–Crippen LogP) is 2.07. The van der Waals surface area contributed by atoms with Crippen molar-refractivity contribution in [1.82, 2.24) is 24.6 Å². The number of carbonyl (C=O) groups excluding carboxylic acids is 1. The van der Waals surface area contributed by atoms with E-state index in [-0.39, 0.29) is 5.91 Å². The molecule has 1 aliphatic rings. The zero-order valence-electron chi connectivity index (χ0n) is 15.5. The second kappa shape index (κ2) is 9.19. The maximum Gasteiger partial charge on any atom is 0.233 e. The van der Waals surface area contributed by atoms with Gasteiger partial charge in [-0.2, -0.15) is 0 Å². The van der Waals surface area contributed by atoms with Gasteiger partial charge in [0.1, 0.15) is 6.33 Å². The number of thioether (sulfide) groups is 1. The lowest BCUT2D eigenvalue weighted by Crippen LogP contribution is -2.49. The summed E-state index contributed by atoms with van der Waals surface area (Å²) in [5, 5.41) is 8.66. The van der Waals surface area contributed by atoms with E-state index in [4.69, 9.17) is 0 Å². The van der Waals surface area contributed by atoms with Gasteiger partial charge in [0, 0.05) is 32.7 Å². The van der Waals surface area contributed by atoms with Gasteiger partial charge in [-0.1, -0.05) is 42.1 Å². The molecule has 7 heteroatoms. The van der Waals surface area contributed by atoms with Crippen LogP contribution in [0.25, 0.3) is 0 Å². The zero-order valence-corrected chi connectivity index (χ0v) is 16.4. The number of likely N-dealkylation sites (tertiary alicyclic amines) is 1. The van der Waals surface area contributed by atoms with Crippen LogP contribution >= 0.6 is 11.8 Å². The van der Waals surface area contributed by atoms with E-state index in [9.17, 15) is 4.79 Å². The lowest BCUT2D eigenvalue weighted by Gasteiger charge is -2.37. The van der Waals surface area contributed by atoms with Crippen LogP contribution in [0.2, 0.25) is 0 Å². The molecule has 1 fully saturated rings. The first-order valence-electron chi connectivity index (χ1n) is 9.12. The molecule has 1 amide bonds. The number of rotatable bonds is 7. The standard InChI is InChI=1S/C19H27N5OS/c1-22(12-10-16-7-4-3-5-8-16)17-9-6-11-24(13-17)18(25)14-26-19-21-20-15-23(19)2/h3-5,7-8,15,17H,6,9-14H2,1-2H3/t17-/m1/s1. The second-order valence-electron chi connectivity index (χ2n) is 6.87. The average molecular weight is 374 g/mol. The van der Waals surface area contributed by atoms with Gasteiger partial charge in [-0.15, -0.1) is 10.2 Å². The fraction of sp³-hybridized carbons (Fsp3) is 0.526. The molecule has 3 rings (SSSR count). The maximum absolute atomic E-state index is 12.6. The zero-order chi connectivity index (χ0) is 18.4. The number of piperidine rings is 1. The second-order valence-corrected chi connectivity index (χ2v) is 7.81. The Labute approximate surface area is 159 Å². The largest absolute Gasteiger partial charge is 0.340 e. The first-order chi connectivity index (χ1) is 12.6. The molecule has 2 heterocycles. The molecule has 1 aromatic carbocycles. The summed E-state index contributed by atoms with van der Waals surface area (Å²) in [6.07, 6.45) is 4.93. The molecule has 1 atom stereocenters. The average Bonchev–Trinajstić information content (AvgIpc) is 3.10. The number of amides is 1. The highest BCUT2D eigenvalue weighted by atomic mass is 32.2. The van der Waals surface area contributed by atoms with E-state index in [2.05, 4.69) is 52.5 Å². The summed E-state index contributed by atoms with van der Waals surface area (Å²) in [5.41, 5.74) is 1.36. The van der Waals surface area contributed by atoms with Crippen LogP contribution < -0.4 is 0 Å². The van der Waals surface area contributed by atoms with Crippen molar-refractivity contribution in [2.45, 2.75) is 30.5 Å². The Kier molecular flexibility index (Phi) is 6.68. The molecule has 26 heavy (non-hydrogen) atoms. The molecule has 0 saturated carbocycles. The van der Waals surface area contributed by atoms with Crippen molar-refractivity contribution in [3.05, 3.63) is 42.2 Å². The molecule has 1 aromatic heterocycles. The van der Waals surface area contributed by atoms with Gasteiger partial charge in [-0.3, -0.25) is 4.79 Å². The highest BCUT2D eigenvalue weighted by Gasteiger charge is 2.26. The van der Waals surface area contributed by atoms with E-state index >= 15 is 0 Å². The molecule has 6 nitrogen and oxygen atoms in total. The van der Waals surface area contributed by atoms with E-state index < -0.39 is 0 Å². The quantitative estimate of drug-likeness (QED) is 0.696. The molecular formula is C19H27N5OS. The highest BCUT2D eigenvalue weighted by Crippen LogP contribution is 2.19. The van der Waals surface area contributed by atoms with Crippen LogP contribution in [0.15, 0.2) is 41.8 Å². The van der Waals surface area contributed by atoms with Crippen molar-refractivity contribution in [1.29, 1.82) is 0 Å². The van der Waals surface area contributed by atoms with Crippen LogP contribution in [0.4, 0.5) is 0 Å². The minimum atomic E-state index is 0.194. The number of hydrogen-bond donors (Lipinski definition) is 0. The van der Waals surface area contributed by atoms with Crippen molar-refractivity contribution >= 4 is 17.7 Å². The molecule has 0 aliphatic carbocycles. The van der Waals surface area contributed by atoms with E-state index in [0.29, 0.717) is 11.8 Å². The summed E-state index contributed by atoms with van der Waals surface area (Å²) >= 11 is 1.46. The molecule has 0 radical (unpaired) electrons. The topological polar surface area (TPSA) is 54.3 Å². The Morgan fingerprint density at radius 1 is 1.35 bits per heavy atom. The number of nitrogens with zero attached hydrogens (tertiary/aromatic N) is 5. The SMILES string of the molecule is CN(CCc1ccccc1)[C@@H]1CCCN(C(=O)CSc2nncn2C)C1. The molecule has 0 N–H and O–H groups in total. The van der Waals surface area contributed by atoms with Crippen LogP contribution in [0.1, 0.15) is 18.4 Å². The van der Waals surface area contributed by atoms with Crippen molar-refractivity contribution in [2.24, 2.45) is 7.05 Å². The third-order valence-electron chi connectivity index (χ3n) is 4.96. The smallest absolute Gasteiger partial charge is 0.233 e. The normalized spacial score (nSPS) is 17.7. The minimum absolute atomic E-state index is 0.194. The van der Waals surface area contributed by atoms with Crippen LogP contribution in [0.5, 0.6) is 0 Å². The summed E-state index contributed by atoms with van der Waals surface area (Å²) in [7, 11) is 4.07. The lowest BCUT2D eigenvalue weighted by atomic mass is 10.0. The highest BCUT2D eigenvalue weighted by molar-refractivity contribution is 7.99. The monoisotopic (exact) mass is 373 g/mol.